The summed E-state index contributed by atoms with van der Waals surface area (Å²) in [4.78, 5) is -5.07. The van der Waals surface area contributed by atoms with Gasteiger partial charge in [-0.05, 0) is 11.8 Å². The van der Waals surface area contributed by atoms with E-state index >= 15 is 0 Å². The summed E-state index contributed by atoms with van der Waals surface area (Å²) in [6.45, 7) is 0. The molecule has 0 radical (unpaired) electrons. The highest BCUT2D eigenvalue weighted by Gasteiger charge is 2.91. The standard InChI is InChI=1S/C17F26S/c18-3-1(4(19)6(21)7(22)5(3)20)2(8(10(25,26)27)44-17(42,43)16(39,40)41)9(23,24)11(28,29)12(30,31)13(32,33)14(34,35)15(36,37)38. The van der Waals surface area contributed by atoms with Crippen molar-refractivity contribution in [3.05, 3.63) is 39.6 Å². The number of hydrogen-bond acceptors (Lipinski definition) is 1. The Morgan fingerprint density at radius 3 is 1.00 bits per heavy atom. The lowest BCUT2D eigenvalue weighted by Gasteiger charge is -2.41. The van der Waals surface area contributed by atoms with Gasteiger partial charge in [0, 0.05) is 0 Å². The van der Waals surface area contributed by atoms with Crippen LogP contribution in [0.5, 0.6) is 0 Å². The molecule has 0 atom stereocenters. The first-order valence-corrected chi connectivity index (χ1v) is 10.1. The van der Waals surface area contributed by atoms with Crippen molar-refractivity contribution in [2.45, 2.75) is 53.4 Å². The van der Waals surface area contributed by atoms with E-state index in [0.29, 0.717) is 0 Å². The van der Waals surface area contributed by atoms with E-state index in [4.69, 9.17) is 0 Å². The van der Waals surface area contributed by atoms with E-state index in [1.807, 2.05) is 0 Å². The lowest BCUT2D eigenvalue weighted by atomic mass is 9.86. The number of thioether (sulfide) groups is 1. The van der Waals surface area contributed by atoms with Crippen molar-refractivity contribution >= 4 is 17.3 Å². The molecule has 0 N–H and O–H groups in total. The van der Waals surface area contributed by atoms with Gasteiger partial charge in [-0.2, -0.15) is 92.2 Å². The molecule has 0 heterocycles. The van der Waals surface area contributed by atoms with Crippen molar-refractivity contribution in [2.24, 2.45) is 0 Å². The molecule has 1 rings (SSSR count). The van der Waals surface area contributed by atoms with Crippen LogP contribution < -0.4 is 0 Å². The third-order valence-corrected chi connectivity index (χ3v) is 5.88. The van der Waals surface area contributed by atoms with Crippen LogP contribution in [0.4, 0.5) is 114 Å². The predicted octanol–water partition coefficient (Wildman–Crippen LogP) is 10.3. The van der Waals surface area contributed by atoms with Crippen LogP contribution in [-0.2, 0) is 0 Å². The van der Waals surface area contributed by atoms with Gasteiger partial charge in [0.1, 0.15) is 4.91 Å². The van der Waals surface area contributed by atoms with Crippen LogP contribution in [0.15, 0.2) is 4.91 Å². The van der Waals surface area contributed by atoms with E-state index in [1.165, 1.54) is 0 Å². The lowest BCUT2D eigenvalue weighted by molar-refractivity contribution is -0.435. The molecule has 0 nitrogen and oxygen atoms in total. The van der Waals surface area contributed by atoms with Crippen molar-refractivity contribution in [3.63, 3.8) is 0 Å². The van der Waals surface area contributed by atoms with Gasteiger partial charge in [-0.15, -0.1) is 0 Å². The summed E-state index contributed by atoms with van der Waals surface area (Å²) in [5.41, 5.74) is -9.83. The fourth-order valence-corrected chi connectivity index (χ4v) is 3.42. The first-order chi connectivity index (χ1) is 18.9. The Morgan fingerprint density at radius 1 is 0.386 bits per heavy atom. The van der Waals surface area contributed by atoms with Gasteiger partial charge in [0.15, 0.2) is 23.3 Å². The molecule has 0 unspecified atom stereocenters. The highest BCUT2D eigenvalue weighted by molar-refractivity contribution is 8.04. The number of rotatable bonds is 8. The summed E-state index contributed by atoms with van der Waals surface area (Å²) < 4.78 is 349. The van der Waals surface area contributed by atoms with Crippen molar-refractivity contribution < 1.29 is 114 Å². The minimum Gasteiger partial charge on any atom is -0.203 e. The number of hydrogen-bond donors (Lipinski definition) is 0. The molecule has 0 aliphatic carbocycles. The third kappa shape index (κ3) is 5.79. The van der Waals surface area contributed by atoms with Gasteiger partial charge in [-0.1, -0.05) is 0 Å². The zero-order valence-corrected chi connectivity index (χ0v) is 19.6. The third-order valence-electron chi connectivity index (χ3n) is 4.75. The minimum absolute atomic E-state index is 3.68. The van der Waals surface area contributed by atoms with Gasteiger partial charge in [0.05, 0.1) is 11.1 Å². The number of allylic oxidation sites excluding steroid dienone is 2. The van der Waals surface area contributed by atoms with Crippen molar-refractivity contribution in [1.29, 1.82) is 0 Å². The maximum atomic E-state index is 14.8. The highest BCUT2D eigenvalue weighted by Crippen LogP contribution is 2.64. The molecule has 1 aromatic rings. The Labute approximate surface area is 225 Å². The van der Waals surface area contributed by atoms with E-state index in [9.17, 15) is 114 Å². The second kappa shape index (κ2) is 10.8. The molecule has 0 saturated heterocycles. The summed E-state index contributed by atoms with van der Waals surface area (Å²) in [5.74, 6) is -65.0. The molecule has 0 fully saturated rings. The van der Waals surface area contributed by atoms with Gasteiger partial charge in [0.25, 0.3) is 0 Å². The summed E-state index contributed by atoms with van der Waals surface area (Å²) in [6, 6.07) is 0. The molecule has 0 aliphatic heterocycles. The second-order valence-corrected chi connectivity index (χ2v) is 8.76. The molecule has 27 heteroatoms. The molecule has 0 bridgehead atoms. The molecular formula is C17F26S. The molecule has 0 aromatic heterocycles. The summed E-state index contributed by atoms with van der Waals surface area (Å²) in [7, 11) is 0. The first-order valence-electron chi connectivity index (χ1n) is 9.32. The summed E-state index contributed by atoms with van der Waals surface area (Å²) >= 11 is -3.68. The summed E-state index contributed by atoms with van der Waals surface area (Å²) in [5, 5.41) is -7.37. The molecule has 1 aromatic carbocycles. The van der Waals surface area contributed by atoms with Crippen LogP contribution in [-0.4, -0.2) is 53.4 Å². The number of halogens is 26. The average Bonchev–Trinajstić information content (AvgIpc) is 2.80. The smallest absolute Gasteiger partial charge is 0.203 e. The average molecular weight is 730 g/mol. The first kappa shape index (κ1) is 39.5. The normalized spacial score (nSPS) is 16.0. The van der Waals surface area contributed by atoms with Crippen LogP contribution in [0.1, 0.15) is 5.56 Å². The Kier molecular flexibility index (Phi) is 9.69. The number of benzene rings is 1. The van der Waals surface area contributed by atoms with Gasteiger partial charge in [-0.3, -0.25) is 0 Å². The Bertz CT molecular complexity index is 1260. The Hall–Kier alpha value is -2.51. The summed E-state index contributed by atoms with van der Waals surface area (Å²) in [6.07, 6.45) is -23.4. The molecule has 44 heavy (non-hydrogen) atoms. The van der Waals surface area contributed by atoms with E-state index in [0.717, 1.165) is 0 Å². The van der Waals surface area contributed by atoms with Crippen LogP contribution in [0, 0.1) is 29.1 Å². The van der Waals surface area contributed by atoms with Crippen LogP contribution >= 0.6 is 11.8 Å². The minimum atomic E-state index is -9.19. The monoisotopic (exact) mass is 730 g/mol. The SMILES string of the molecule is Fc1c(F)c(F)c(C(=C(SC(F)(F)C(F)(F)F)C(F)(F)F)C(F)(F)C(F)(F)C(F)(F)C(F)(F)C(F)(F)C(F)(F)F)c(F)c1F. The maximum absolute atomic E-state index is 14.8. The van der Waals surface area contributed by atoms with E-state index < -0.39 is 110 Å². The Morgan fingerprint density at radius 2 is 0.705 bits per heavy atom. The van der Waals surface area contributed by atoms with E-state index in [-0.39, 0.29) is 0 Å². The fraction of sp³-hybridized carbons (Fsp3) is 0.529. The van der Waals surface area contributed by atoms with E-state index in [1.54, 1.807) is 0 Å². The van der Waals surface area contributed by atoms with Gasteiger partial charge >= 0.3 is 53.4 Å². The van der Waals surface area contributed by atoms with Crippen molar-refractivity contribution in [1.82, 2.24) is 0 Å². The van der Waals surface area contributed by atoms with Gasteiger partial charge in [0.2, 0.25) is 5.82 Å². The molecule has 0 aliphatic rings. The molecule has 0 spiro atoms. The molecule has 256 valence electrons. The van der Waals surface area contributed by atoms with Crippen LogP contribution in [0.3, 0.4) is 0 Å². The molecule has 0 amide bonds. The largest absolute Gasteiger partial charge is 0.464 e. The van der Waals surface area contributed by atoms with Gasteiger partial charge in [-0.25, -0.2) is 22.0 Å². The fourth-order valence-electron chi connectivity index (χ4n) is 2.60. The maximum Gasteiger partial charge on any atom is 0.464 e. The zero-order chi connectivity index (χ0) is 35.8. The highest BCUT2D eigenvalue weighted by atomic mass is 32.2. The van der Waals surface area contributed by atoms with Gasteiger partial charge < -0.3 is 0 Å². The van der Waals surface area contributed by atoms with Crippen LogP contribution in [0.2, 0.25) is 0 Å². The second-order valence-electron chi connectivity index (χ2n) is 7.63. The topological polar surface area (TPSA) is 0 Å². The predicted molar refractivity (Wildman–Crippen MR) is 88.6 cm³/mol. The quantitative estimate of drug-likeness (QED) is 0.146. The Balaban J connectivity index is 4.64. The number of alkyl halides is 21. The molecule has 0 saturated carbocycles. The van der Waals surface area contributed by atoms with Crippen molar-refractivity contribution in [2.75, 3.05) is 0 Å². The van der Waals surface area contributed by atoms with E-state index in [2.05, 4.69) is 0 Å². The zero-order valence-electron chi connectivity index (χ0n) is 18.7. The molecular weight excluding hydrogens is 730 g/mol. The van der Waals surface area contributed by atoms with Crippen LogP contribution in [0.25, 0.3) is 5.57 Å². The lowest BCUT2D eigenvalue weighted by Crippen LogP contribution is -2.70. The van der Waals surface area contributed by atoms with Crippen molar-refractivity contribution in [3.8, 4) is 0 Å².